The zero-order valence-electron chi connectivity index (χ0n) is 15.4. The predicted molar refractivity (Wildman–Crippen MR) is 107 cm³/mol. The molecule has 0 saturated carbocycles. The highest BCUT2D eigenvalue weighted by Crippen LogP contribution is 2.26. The summed E-state index contributed by atoms with van der Waals surface area (Å²) in [5.74, 6) is 0.408. The highest BCUT2D eigenvalue weighted by molar-refractivity contribution is 8.00. The molecule has 0 aliphatic heterocycles. The van der Waals surface area contributed by atoms with Crippen molar-refractivity contribution >= 4 is 28.6 Å². The predicted octanol–water partition coefficient (Wildman–Crippen LogP) is 3.75. The first kappa shape index (κ1) is 17.5. The first-order valence-corrected chi connectivity index (χ1v) is 9.58. The van der Waals surface area contributed by atoms with Gasteiger partial charge in [-0.25, -0.2) is 9.97 Å². The molecule has 0 bridgehead atoms. The lowest BCUT2D eigenvalue weighted by Gasteiger charge is -2.09. The molecule has 0 spiro atoms. The highest BCUT2D eigenvalue weighted by atomic mass is 32.2. The van der Waals surface area contributed by atoms with Gasteiger partial charge in [-0.1, -0.05) is 30.0 Å². The topological polar surface area (TPSA) is 65.6 Å². The summed E-state index contributed by atoms with van der Waals surface area (Å²) in [7, 11) is 1.84. The van der Waals surface area contributed by atoms with Crippen LogP contribution in [0.5, 0.6) is 0 Å². The zero-order chi connectivity index (χ0) is 19.0. The van der Waals surface area contributed by atoms with Crippen LogP contribution in [-0.4, -0.2) is 35.9 Å². The third kappa shape index (κ3) is 3.14. The first-order chi connectivity index (χ1) is 13.1. The van der Waals surface area contributed by atoms with Crippen molar-refractivity contribution in [3.05, 3.63) is 65.9 Å². The molecule has 0 aliphatic rings. The molecule has 136 valence electrons. The van der Waals surface area contributed by atoms with Crippen LogP contribution in [-0.2, 0) is 7.05 Å². The number of benzene rings is 1. The van der Waals surface area contributed by atoms with Crippen LogP contribution in [0.1, 0.15) is 21.7 Å². The lowest BCUT2D eigenvalue weighted by molar-refractivity contribution is 0.102. The number of rotatable bonds is 5. The van der Waals surface area contributed by atoms with Crippen molar-refractivity contribution in [3.63, 3.8) is 0 Å². The van der Waals surface area contributed by atoms with Crippen molar-refractivity contribution in [2.24, 2.45) is 7.05 Å². The maximum absolute atomic E-state index is 12.9. The average Bonchev–Trinajstić information content (AvgIpc) is 3.20. The molecule has 3 heterocycles. The Morgan fingerprint density at radius 1 is 1.15 bits per heavy atom. The van der Waals surface area contributed by atoms with Gasteiger partial charge >= 0.3 is 0 Å². The number of para-hydroxylation sites is 1. The summed E-state index contributed by atoms with van der Waals surface area (Å²) >= 11 is 1.42. The van der Waals surface area contributed by atoms with E-state index in [0.29, 0.717) is 5.75 Å². The number of ketones is 1. The lowest BCUT2D eigenvalue weighted by atomic mass is 10.2. The number of Topliss-reactive ketones (excluding diaryl/α,β-unsaturated/α-hetero) is 1. The van der Waals surface area contributed by atoms with Crippen LogP contribution in [0.15, 0.2) is 53.9 Å². The molecule has 4 aromatic rings. The van der Waals surface area contributed by atoms with E-state index in [2.05, 4.69) is 19.6 Å². The molecule has 0 unspecified atom stereocenters. The Hall–Kier alpha value is -2.93. The van der Waals surface area contributed by atoms with Gasteiger partial charge in [-0.05, 0) is 32.0 Å². The Bertz CT molecular complexity index is 1130. The Morgan fingerprint density at radius 3 is 2.70 bits per heavy atom. The number of fused-ring (bicyclic) bond motifs is 1. The SMILES string of the molecule is Cc1cc(C(=O)CSc2ncnc3c2cnn3C)c(C)n1-c1ccccc1. The molecule has 0 radical (unpaired) electrons. The van der Waals surface area contributed by atoms with Gasteiger partial charge in [0.15, 0.2) is 11.4 Å². The number of aryl methyl sites for hydroxylation is 2. The molecule has 7 heteroatoms. The van der Waals surface area contributed by atoms with Crippen LogP contribution in [0, 0.1) is 13.8 Å². The van der Waals surface area contributed by atoms with Crippen molar-refractivity contribution in [1.82, 2.24) is 24.3 Å². The minimum Gasteiger partial charge on any atom is -0.318 e. The van der Waals surface area contributed by atoms with Crippen molar-refractivity contribution in [2.75, 3.05) is 5.75 Å². The normalized spacial score (nSPS) is 11.2. The van der Waals surface area contributed by atoms with E-state index in [1.807, 2.05) is 57.3 Å². The van der Waals surface area contributed by atoms with Crippen molar-refractivity contribution in [2.45, 2.75) is 18.9 Å². The Kier molecular flexibility index (Phi) is 4.53. The molecule has 3 aromatic heterocycles. The number of aromatic nitrogens is 5. The van der Waals surface area contributed by atoms with E-state index in [1.54, 1.807) is 10.9 Å². The Balaban J connectivity index is 1.59. The quantitative estimate of drug-likeness (QED) is 0.301. The van der Waals surface area contributed by atoms with Crippen LogP contribution in [0.3, 0.4) is 0 Å². The van der Waals surface area contributed by atoms with Crippen LogP contribution < -0.4 is 0 Å². The fourth-order valence-corrected chi connectivity index (χ4v) is 4.13. The number of hydrogen-bond donors (Lipinski definition) is 0. The molecule has 0 fully saturated rings. The highest BCUT2D eigenvalue weighted by Gasteiger charge is 2.18. The Labute approximate surface area is 161 Å². The Morgan fingerprint density at radius 2 is 1.93 bits per heavy atom. The van der Waals surface area contributed by atoms with Crippen LogP contribution in [0.2, 0.25) is 0 Å². The summed E-state index contributed by atoms with van der Waals surface area (Å²) in [4.78, 5) is 21.4. The minimum atomic E-state index is 0.0888. The van der Waals surface area contributed by atoms with E-state index in [9.17, 15) is 4.79 Å². The van der Waals surface area contributed by atoms with Crippen molar-refractivity contribution in [1.29, 1.82) is 0 Å². The van der Waals surface area contributed by atoms with E-state index in [0.717, 1.165) is 38.7 Å². The summed E-state index contributed by atoms with van der Waals surface area (Å²) in [5, 5.41) is 5.86. The van der Waals surface area contributed by atoms with Crippen molar-refractivity contribution in [3.8, 4) is 5.69 Å². The fourth-order valence-electron chi connectivity index (χ4n) is 3.29. The molecular formula is C20H19N5OS. The molecule has 0 atom stereocenters. The molecule has 27 heavy (non-hydrogen) atoms. The van der Waals surface area contributed by atoms with Gasteiger partial charge in [0, 0.05) is 29.7 Å². The number of hydrogen-bond acceptors (Lipinski definition) is 5. The summed E-state index contributed by atoms with van der Waals surface area (Å²) in [6, 6.07) is 12.0. The maximum atomic E-state index is 12.9. The van der Waals surface area contributed by atoms with Gasteiger partial charge in [0.05, 0.1) is 17.3 Å². The number of thioether (sulfide) groups is 1. The summed E-state index contributed by atoms with van der Waals surface area (Å²) in [5.41, 5.74) is 4.58. The molecule has 0 N–H and O–H groups in total. The van der Waals surface area contributed by atoms with Gasteiger partial charge in [0.1, 0.15) is 11.4 Å². The second kappa shape index (κ2) is 7.00. The molecular weight excluding hydrogens is 358 g/mol. The maximum Gasteiger partial charge on any atom is 0.174 e. The third-order valence-corrected chi connectivity index (χ3v) is 5.58. The second-order valence-electron chi connectivity index (χ2n) is 6.35. The van der Waals surface area contributed by atoms with Gasteiger partial charge in [-0.15, -0.1) is 0 Å². The van der Waals surface area contributed by atoms with E-state index < -0.39 is 0 Å². The molecule has 4 rings (SSSR count). The smallest absolute Gasteiger partial charge is 0.174 e. The number of carbonyl (C=O) groups excluding carboxylic acids is 1. The molecule has 6 nitrogen and oxygen atoms in total. The molecule has 1 aromatic carbocycles. The average molecular weight is 377 g/mol. The van der Waals surface area contributed by atoms with E-state index in [1.165, 1.54) is 18.1 Å². The number of nitrogens with zero attached hydrogens (tertiary/aromatic N) is 5. The van der Waals surface area contributed by atoms with E-state index in [-0.39, 0.29) is 5.78 Å². The van der Waals surface area contributed by atoms with E-state index >= 15 is 0 Å². The largest absolute Gasteiger partial charge is 0.318 e. The summed E-state index contributed by atoms with van der Waals surface area (Å²) in [6.07, 6.45) is 3.25. The van der Waals surface area contributed by atoms with Crippen LogP contribution >= 0.6 is 11.8 Å². The van der Waals surface area contributed by atoms with Gasteiger partial charge in [-0.2, -0.15) is 5.10 Å². The minimum absolute atomic E-state index is 0.0888. The van der Waals surface area contributed by atoms with Crippen LogP contribution in [0.4, 0.5) is 0 Å². The van der Waals surface area contributed by atoms with Gasteiger partial charge in [0.25, 0.3) is 0 Å². The molecule has 0 saturated heterocycles. The monoisotopic (exact) mass is 377 g/mol. The van der Waals surface area contributed by atoms with Crippen LogP contribution in [0.25, 0.3) is 16.7 Å². The third-order valence-electron chi connectivity index (χ3n) is 4.58. The fraction of sp³-hybridized carbons (Fsp3) is 0.200. The molecule has 0 aliphatic carbocycles. The lowest BCUT2D eigenvalue weighted by Crippen LogP contribution is -2.06. The first-order valence-electron chi connectivity index (χ1n) is 8.59. The second-order valence-corrected chi connectivity index (χ2v) is 7.32. The van der Waals surface area contributed by atoms with Gasteiger partial charge in [-0.3, -0.25) is 9.48 Å². The summed E-state index contributed by atoms with van der Waals surface area (Å²) in [6.45, 7) is 4.01. The van der Waals surface area contributed by atoms with Gasteiger partial charge < -0.3 is 4.57 Å². The summed E-state index contributed by atoms with van der Waals surface area (Å²) < 4.78 is 3.82. The standard InChI is InChI=1S/C20H19N5OS/c1-13-9-16(14(2)25(13)15-7-5-4-6-8-15)18(26)11-27-20-17-10-23-24(3)19(17)21-12-22-20/h4-10,12H,11H2,1-3H3. The molecule has 0 amide bonds. The number of carbonyl (C=O) groups is 1. The van der Waals surface area contributed by atoms with Gasteiger partial charge in [0.2, 0.25) is 0 Å². The zero-order valence-corrected chi connectivity index (χ0v) is 16.2. The van der Waals surface area contributed by atoms with Crippen molar-refractivity contribution < 1.29 is 4.79 Å². The van der Waals surface area contributed by atoms with E-state index in [4.69, 9.17) is 0 Å².